The molecule has 5 heteroatoms. The van der Waals surface area contributed by atoms with Gasteiger partial charge in [0.25, 0.3) is 5.91 Å². The Morgan fingerprint density at radius 2 is 1.87 bits per heavy atom. The van der Waals surface area contributed by atoms with Crippen molar-refractivity contribution in [2.45, 2.75) is 12.5 Å². The lowest BCUT2D eigenvalue weighted by atomic mass is 10.3. The quantitative estimate of drug-likeness (QED) is 0.618. The van der Waals surface area contributed by atoms with Crippen LogP contribution in [-0.2, 0) is 9.59 Å². The van der Waals surface area contributed by atoms with E-state index in [2.05, 4.69) is 22.6 Å². The van der Waals surface area contributed by atoms with Gasteiger partial charge >= 0.3 is 0 Å². The van der Waals surface area contributed by atoms with Gasteiger partial charge in [0.15, 0.2) is 0 Å². The van der Waals surface area contributed by atoms with Crippen LogP contribution in [0.4, 0.5) is 5.69 Å². The molecule has 1 fully saturated rings. The first kappa shape index (κ1) is 10.6. The van der Waals surface area contributed by atoms with E-state index in [0.29, 0.717) is 5.69 Å². The lowest BCUT2D eigenvalue weighted by Gasteiger charge is -2.13. The fraction of sp³-hybridized carbons (Fsp3) is 0.200. The smallest absolute Gasteiger partial charge is 0.251 e. The van der Waals surface area contributed by atoms with Crippen molar-refractivity contribution in [3.8, 4) is 0 Å². The molecule has 1 heterocycles. The van der Waals surface area contributed by atoms with Crippen LogP contribution in [0.25, 0.3) is 0 Å². The van der Waals surface area contributed by atoms with E-state index in [1.807, 2.05) is 12.1 Å². The second-order valence-electron chi connectivity index (χ2n) is 3.35. The van der Waals surface area contributed by atoms with Gasteiger partial charge in [-0.25, -0.2) is 4.90 Å². The van der Waals surface area contributed by atoms with Crippen LogP contribution in [-0.4, -0.2) is 17.9 Å². The van der Waals surface area contributed by atoms with Crippen LogP contribution in [0, 0.1) is 3.57 Å². The van der Waals surface area contributed by atoms with Gasteiger partial charge in [0, 0.05) is 3.57 Å². The topological polar surface area (TPSA) is 63.4 Å². The van der Waals surface area contributed by atoms with E-state index in [-0.39, 0.29) is 18.2 Å². The van der Waals surface area contributed by atoms with Crippen LogP contribution in [0.3, 0.4) is 0 Å². The number of carbonyl (C=O) groups excluding carboxylic acids is 2. The number of amides is 2. The number of nitrogens with two attached hydrogens (primary N) is 1. The van der Waals surface area contributed by atoms with E-state index in [1.165, 1.54) is 0 Å². The van der Waals surface area contributed by atoms with Gasteiger partial charge in [0.05, 0.1) is 18.2 Å². The zero-order valence-corrected chi connectivity index (χ0v) is 9.97. The molecule has 15 heavy (non-hydrogen) atoms. The van der Waals surface area contributed by atoms with Gasteiger partial charge in [-0.2, -0.15) is 0 Å². The minimum Gasteiger partial charge on any atom is -0.319 e. The number of benzene rings is 1. The molecule has 2 amide bonds. The molecule has 0 bridgehead atoms. The molecule has 0 saturated carbocycles. The standard InChI is InChI=1S/C10H9IN2O2/c11-6-1-3-7(4-2-6)13-9(14)5-8(12)10(13)15/h1-4,8H,5,12H2/t8-/m0/s1. The van der Waals surface area contributed by atoms with E-state index in [1.54, 1.807) is 12.1 Å². The Morgan fingerprint density at radius 1 is 1.27 bits per heavy atom. The van der Waals surface area contributed by atoms with Crippen LogP contribution in [0.1, 0.15) is 6.42 Å². The number of imide groups is 1. The summed E-state index contributed by atoms with van der Waals surface area (Å²) in [5, 5.41) is 0. The highest BCUT2D eigenvalue weighted by Gasteiger charge is 2.36. The van der Waals surface area contributed by atoms with Gasteiger partial charge in [0.2, 0.25) is 5.91 Å². The summed E-state index contributed by atoms with van der Waals surface area (Å²) >= 11 is 2.16. The number of anilines is 1. The molecule has 0 aromatic heterocycles. The second-order valence-corrected chi connectivity index (χ2v) is 4.60. The van der Waals surface area contributed by atoms with E-state index in [9.17, 15) is 9.59 Å². The first-order valence-electron chi connectivity index (χ1n) is 4.47. The van der Waals surface area contributed by atoms with Gasteiger partial charge < -0.3 is 5.73 Å². The van der Waals surface area contributed by atoms with Crippen molar-refractivity contribution in [1.82, 2.24) is 0 Å². The Morgan fingerprint density at radius 3 is 2.33 bits per heavy atom. The van der Waals surface area contributed by atoms with Crippen LogP contribution >= 0.6 is 22.6 Å². The highest BCUT2D eigenvalue weighted by molar-refractivity contribution is 14.1. The van der Waals surface area contributed by atoms with Crippen molar-refractivity contribution in [2.24, 2.45) is 5.73 Å². The van der Waals surface area contributed by atoms with Gasteiger partial charge in [-0.05, 0) is 46.9 Å². The summed E-state index contributed by atoms with van der Waals surface area (Å²) in [6, 6.07) is 6.50. The first-order valence-corrected chi connectivity index (χ1v) is 5.55. The van der Waals surface area contributed by atoms with Gasteiger partial charge in [0.1, 0.15) is 0 Å². The molecule has 4 nitrogen and oxygen atoms in total. The van der Waals surface area contributed by atoms with Crippen molar-refractivity contribution < 1.29 is 9.59 Å². The number of rotatable bonds is 1. The molecule has 0 aliphatic carbocycles. The van der Waals surface area contributed by atoms with E-state index >= 15 is 0 Å². The lowest BCUT2D eigenvalue weighted by Crippen LogP contribution is -2.35. The summed E-state index contributed by atoms with van der Waals surface area (Å²) in [4.78, 5) is 24.2. The number of nitrogens with zero attached hydrogens (tertiary/aromatic N) is 1. The van der Waals surface area contributed by atoms with Crippen molar-refractivity contribution in [3.63, 3.8) is 0 Å². The molecule has 0 radical (unpaired) electrons. The van der Waals surface area contributed by atoms with Crippen LogP contribution < -0.4 is 10.6 Å². The molecule has 1 saturated heterocycles. The molecule has 2 N–H and O–H groups in total. The van der Waals surface area contributed by atoms with Crippen LogP contribution in [0.15, 0.2) is 24.3 Å². The van der Waals surface area contributed by atoms with Crippen LogP contribution in [0.2, 0.25) is 0 Å². The minimum absolute atomic E-state index is 0.102. The summed E-state index contributed by atoms with van der Waals surface area (Å²) in [7, 11) is 0. The summed E-state index contributed by atoms with van der Waals surface area (Å²) in [5.74, 6) is -0.546. The third-order valence-electron chi connectivity index (χ3n) is 2.27. The number of hydrogen-bond donors (Lipinski definition) is 1. The first-order chi connectivity index (χ1) is 7.09. The molecule has 2 rings (SSSR count). The summed E-state index contributed by atoms with van der Waals surface area (Å²) in [6.45, 7) is 0. The average Bonchev–Trinajstić information content (AvgIpc) is 2.44. The van der Waals surface area contributed by atoms with E-state index < -0.39 is 6.04 Å². The second kappa shape index (κ2) is 3.90. The number of carbonyl (C=O) groups is 2. The number of hydrogen-bond acceptors (Lipinski definition) is 3. The Balaban J connectivity index is 2.35. The van der Waals surface area contributed by atoms with Gasteiger partial charge in [-0.15, -0.1) is 0 Å². The molecule has 0 spiro atoms. The fourth-order valence-electron chi connectivity index (χ4n) is 1.52. The lowest BCUT2D eigenvalue weighted by molar-refractivity contribution is -0.121. The molecular weight excluding hydrogens is 307 g/mol. The van der Waals surface area contributed by atoms with Gasteiger partial charge in [-0.1, -0.05) is 0 Å². The average molecular weight is 316 g/mol. The monoisotopic (exact) mass is 316 g/mol. The van der Waals surface area contributed by atoms with Crippen molar-refractivity contribution in [2.75, 3.05) is 4.90 Å². The highest BCUT2D eigenvalue weighted by Crippen LogP contribution is 2.22. The molecule has 0 unspecified atom stereocenters. The summed E-state index contributed by atoms with van der Waals surface area (Å²) in [6.07, 6.45) is 0.102. The Labute approximate surface area is 101 Å². The largest absolute Gasteiger partial charge is 0.319 e. The SMILES string of the molecule is N[C@H]1CC(=O)N(c2ccc(I)cc2)C1=O. The molecule has 1 aliphatic rings. The Kier molecular flexibility index (Phi) is 2.74. The number of halogens is 1. The molecule has 1 aliphatic heterocycles. The molecule has 1 atom stereocenters. The predicted molar refractivity (Wildman–Crippen MR) is 64.2 cm³/mol. The zero-order chi connectivity index (χ0) is 11.0. The van der Waals surface area contributed by atoms with Crippen molar-refractivity contribution in [1.29, 1.82) is 0 Å². The van der Waals surface area contributed by atoms with E-state index in [4.69, 9.17) is 5.73 Å². The third kappa shape index (κ3) is 1.89. The molecule has 1 aromatic carbocycles. The molecule has 1 aromatic rings. The maximum absolute atomic E-state index is 11.6. The Hall–Kier alpha value is -0.950. The fourth-order valence-corrected chi connectivity index (χ4v) is 1.88. The van der Waals surface area contributed by atoms with E-state index in [0.717, 1.165) is 8.47 Å². The van der Waals surface area contributed by atoms with Gasteiger partial charge in [-0.3, -0.25) is 9.59 Å². The Bertz CT molecular complexity index is 416. The minimum atomic E-state index is -0.684. The predicted octanol–water partition coefficient (Wildman–Crippen LogP) is 0.882. The maximum Gasteiger partial charge on any atom is 0.251 e. The normalized spacial score (nSPS) is 21.2. The maximum atomic E-state index is 11.6. The summed E-state index contributed by atoms with van der Waals surface area (Å²) < 4.78 is 1.06. The van der Waals surface area contributed by atoms with Crippen molar-refractivity contribution >= 4 is 40.1 Å². The summed E-state index contributed by atoms with van der Waals surface area (Å²) in [5.41, 5.74) is 6.11. The third-order valence-corrected chi connectivity index (χ3v) is 2.99. The molecule has 78 valence electrons. The zero-order valence-electron chi connectivity index (χ0n) is 7.81. The van der Waals surface area contributed by atoms with Crippen molar-refractivity contribution in [3.05, 3.63) is 27.8 Å². The highest BCUT2D eigenvalue weighted by atomic mass is 127. The molecular formula is C10H9IN2O2. The van der Waals surface area contributed by atoms with Crippen LogP contribution in [0.5, 0.6) is 0 Å².